The zero-order chi connectivity index (χ0) is 23.4. The molecule has 13 nitrogen and oxygen atoms in total. The van der Waals surface area contributed by atoms with Crippen LogP contribution >= 0.6 is 0 Å². The Labute approximate surface area is 163 Å². The van der Waals surface area contributed by atoms with Crippen molar-refractivity contribution in [1.29, 1.82) is 0 Å². The Morgan fingerprint density at radius 1 is 0.857 bits per heavy atom. The van der Waals surface area contributed by atoms with Gasteiger partial charge in [0.1, 0.15) is 18.2 Å². The van der Waals surface area contributed by atoms with Crippen LogP contribution < -0.4 is 17.2 Å². The van der Waals surface area contributed by atoms with Gasteiger partial charge in [-0.15, -0.1) is 0 Å². The van der Waals surface area contributed by atoms with E-state index in [4.69, 9.17) is 47.2 Å². The predicted molar refractivity (Wildman–Crippen MR) is 99.2 cm³/mol. The number of aliphatic hydroxyl groups is 4. The van der Waals surface area contributed by atoms with Crippen molar-refractivity contribution in [2.24, 2.45) is 23.1 Å². The van der Waals surface area contributed by atoms with E-state index in [0.717, 1.165) is 0 Å². The third-order valence-corrected chi connectivity index (χ3v) is 2.44. The zero-order valence-corrected chi connectivity index (χ0v) is 16.3. The van der Waals surface area contributed by atoms with Crippen LogP contribution in [0.5, 0.6) is 0 Å². The second-order valence-electron chi connectivity index (χ2n) is 5.80. The summed E-state index contributed by atoms with van der Waals surface area (Å²) in [6.45, 7) is 4.22. The summed E-state index contributed by atoms with van der Waals surface area (Å²) in [6.07, 6.45) is -1.38. The average molecular weight is 417 g/mol. The van der Waals surface area contributed by atoms with Crippen molar-refractivity contribution in [2.75, 3.05) is 19.8 Å². The summed E-state index contributed by atoms with van der Waals surface area (Å²) < 4.78 is 0. The Bertz CT molecular complexity index is 404. The normalized spacial score (nSPS) is 12.9. The molecule has 0 bridgehead atoms. The van der Waals surface area contributed by atoms with Crippen LogP contribution in [0.1, 0.15) is 27.2 Å². The van der Waals surface area contributed by atoms with Crippen LogP contribution in [-0.4, -0.2) is 97.7 Å². The fourth-order valence-electron chi connectivity index (χ4n) is 0.873. The molecule has 0 aromatic heterocycles. The lowest BCUT2D eigenvalue weighted by atomic mass is 10.1. The summed E-state index contributed by atoms with van der Waals surface area (Å²) in [4.78, 5) is 29.2. The van der Waals surface area contributed by atoms with E-state index in [1.165, 1.54) is 6.92 Å². The zero-order valence-electron chi connectivity index (χ0n) is 16.3. The highest BCUT2D eigenvalue weighted by atomic mass is 16.4. The van der Waals surface area contributed by atoms with Gasteiger partial charge < -0.3 is 52.9 Å². The van der Waals surface area contributed by atoms with Gasteiger partial charge in [-0.25, -0.2) is 0 Å². The molecule has 0 unspecified atom stereocenters. The van der Waals surface area contributed by atoms with Crippen molar-refractivity contribution in [3.8, 4) is 0 Å². The Kier molecular flexibility index (Phi) is 25.8. The van der Waals surface area contributed by atoms with Crippen molar-refractivity contribution in [3.63, 3.8) is 0 Å². The maximum absolute atomic E-state index is 10.1. The molecule has 0 aromatic carbocycles. The maximum atomic E-state index is 10.1. The first kappa shape index (κ1) is 33.7. The Morgan fingerprint density at radius 3 is 1.25 bits per heavy atom. The monoisotopic (exact) mass is 417 g/mol. The van der Waals surface area contributed by atoms with Crippen molar-refractivity contribution >= 4 is 17.9 Å². The van der Waals surface area contributed by atoms with E-state index >= 15 is 0 Å². The third-order valence-electron chi connectivity index (χ3n) is 2.44. The lowest BCUT2D eigenvalue weighted by molar-refractivity contribution is -0.141. The highest BCUT2D eigenvalue weighted by Crippen LogP contribution is 2.01. The summed E-state index contributed by atoms with van der Waals surface area (Å²) in [5.74, 6) is -2.70. The predicted octanol–water partition coefficient (Wildman–Crippen LogP) is -3.41. The molecule has 0 saturated heterocycles. The molecule has 0 aliphatic carbocycles. The maximum Gasteiger partial charge on any atom is 0.323 e. The van der Waals surface area contributed by atoms with Gasteiger partial charge in [-0.2, -0.15) is 0 Å². The first-order valence-corrected chi connectivity index (χ1v) is 8.14. The number of aliphatic carboxylic acids is 3. The molecule has 13 N–H and O–H groups in total. The number of nitrogens with two attached hydrogens (primary N) is 3. The van der Waals surface area contributed by atoms with Crippen molar-refractivity contribution < 1.29 is 50.1 Å². The molecule has 0 fully saturated rings. The standard InChI is InChI=1S/C6H13NO2.C4H9NO3.C3H8O3.C2H5NO2/c1-4(2)3-5(7)6(8)9;1-2(6)3(5)4(7)8;4-1-3(6)2-5;3-1-2(4)5/h4-5H,3,7H2,1-2H3,(H,8,9);2-3,6H,5H2,1H3,(H,7,8);3-6H,1-2H2;1,3H2,(H,4,5)/t5-;2-,3+;;/m01../s1. The Hall–Kier alpha value is -1.87. The van der Waals surface area contributed by atoms with Crippen molar-refractivity contribution in [1.82, 2.24) is 0 Å². The summed E-state index contributed by atoms with van der Waals surface area (Å²) >= 11 is 0. The van der Waals surface area contributed by atoms with Gasteiger partial charge in [0.05, 0.1) is 25.9 Å². The molecular weight excluding hydrogens is 382 g/mol. The topological polar surface area (TPSA) is 271 Å². The third kappa shape index (κ3) is 31.9. The smallest absolute Gasteiger partial charge is 0.323 e. The van der Waals surface area contributed by atoms with E-state index in [-0.39, 0.29) is 19.8 Å². The lowest BCUT2D eigenvalue weighted by Crippen LogP contribution is -2.39. The van der Waals surface area contributed by atoms with Crippen LogP contribution in [0.3, 0.4) is 0 Å². The molecule has 0 spiro atoms. The van der Waals surface area contributed by atoms with E-state index in [9.17, 15) is 14.4 Å². The van der Waals surface area contributed by atoms with Crippen LogP contribution in [0.4, 0.5) is 0 Å². The van der Waals surface area contributed by atoms with Gasteiger partial charge in [0.2, 0.25) is 0 Å². The lowest BCUT2D eigenvalue weighted by Gasteiger charge is -2.07. The summed E-state index contributed by atoms with van der Waals surface area (Å²) in [5.41, 5.74) is 14.7. The first-order chi connectivity index (χ1) is 12.7. The number of aliphatic hydroxyl groups excluding tert-OH is 4. The molecule has 0 radical (unpaired) electrons. The molecule has 28 heavy (non-hydrogen) atoms. The highest BCUT2D eigenvalue weighted by molar-refractivity contribution is 5.73. The van der Waals surface area contributed by atoms with E-state index < -0.39 is 42.2 Å². The largest absolute Gasteiger partial charge is 0.480 e. The second-order valence-corrected chi connectivity index (χ2v) is 5.80. The van der Waals surface area contributed by atoms with E-state index in [1.54, 1.807) is 0 Å². The van der Waals surface area contributed by atoms with Crippen molar-refractivity contribution in [2.45, 2.75) is 51.5 Å². The SMILES string of the molecule is CC(C)C[C@H](N)C(=O)O.C[C@@H](O)[C@H](N)C(=O)O.NCC(=O)O.OCC(O)CO. The highest BCUT2D eigenvalue weighted by Gasteiger charge is 2.16. The molecule has 0 aliphatic heterocycles. The summed E-state index contributed by atoms with van der Waals surface area (Å²) in [5, 5.41) is 56.5. The van der Waals surface area contributed by atoms with Gasteiger partial charge >= 0.3 is 17.9 Å². The number of carboxylic acid groups (broad SMARTS) is 3. The Balaban J connectivity index is -0.000000141. The fourth-order valence-corrected chi connectivity index (χ4v) is 0.873. The molecule has 0 rings (SSSR count). The number of hydrogen-bond donors (Lipinski definition) is 10. The van der Waals surface area contributed by atoms with Gasteiger partial charge in [0, 0.05) is 0 Å². The number of rotatable bonds is 8. The molecule has 13 heteroatoms. The Morgan fingerprint density at radius 2 is 1.21 bits per heavy atom. The number of carboxylic acids is 3. The molecule has 0 aromatic rings. The molecule has 0 heterocycles. The van der Waals surface area contributed by atoms with Gasteiger partial charge in [-0.05, 0) is 19.3 Å². The second kappa shape index (κ2) is 21.4. The molecule has 0 saturated carbocycles. The minimum Gasteiger partial charge on any atom is -0.480 e. The minimum absolute atomic E-state index is 0.278. The van der Waals surface area contributed by atoms with Gasteiger partial charge in [0.15, 0.2) is 0 Å². The van der Waals surface area contributed by atoms with Crippen LogP contribution in [0.15, 0.2) is 0 Å². The average Bonchev–Trinajstić information content (AvgIpc) is 2.60. The van der Waals surface area contributed by atoms with Gasteiger partial charge in [0.25, 0.3) is 0 Å². The quantitative estimate of drug-likeness (QED) is 0.184. The van der Waals surface area contributed by atoms with E-state index in [1.807, 2.05) is 13.8 Å². The number of hydrogen-bond acceptors (Lipinski definition) is 10. The van der Waals surface area contributed by atoms with Gasteiger partial charge in [-0.3, -0.25) is 14.4 Å². The molecule has 170 valence electrons. The summed E-state index contributed by atoms with van der Waals surface area (Å²) in [6, 6.07) is -1.85. The van der Waals surface area contributed by atoms with Crippen LogP contribution in [-0.2, 0) is 14.4 Å². The van der Waals surface area contributed by atoms with Crippen LogP contribution in [0.25, 0.3) is 0 Å². The summed E-state index contributed by atoms with van der Waals surface area (Å²) in [7, 11) is 0. The molecule has 3 atom stereocenters. The molecule has 0 aliphatic rings. The fraction of sp³-hybridized carbons (Fsp3) is 0.800. The van der Waals surface area contributed by atoms with E-state index in [0.29, 0.717) is 12.3 Å². The van der Waals surface area contributed by atoms with Crippen LogP contribution in [0, 0.1) is 5.92 Å². The number of carbonyl (C=O) groups is 3. The molecule has 0 amide bonds. The van der Waals surface area contributed by atoms with Crippen LogP contribution in [0.2, 0.25) is 0 Å². The molecular formula is C15H35N3O10. The van der Waals surface area contributed by atoms with Gasteiger partial charge in [-0.1, -0.05) is 13.8 Å². The first-order valence-electron chi connectivity index (χ1n) is 8.14. The van der Waals surface area contributed by atoms with Crippen molar-refractivity contribution in [3.05, 3.63) is 0 Å². The minimum atomic E-state index is -1.18. The van der Waals surface area contributed by atoms with E-state index in [2.05, 4.69) is 5.73 Å².